The first kappa shape index (κ1) is 29.8. The lowest BCUT2D eigenvalue weighted by Crippen LogP contribution is -2.63. The van der Waals surface area contributed by atoms with Gasteiger partial charge < -0.3 is 74.4 Å². The van der Waals surface area contributed by atoms with E-state index >= 15 is 0 Å². The van der Waals surface area contributed by atoms with E-state index in [4.69, 9.17) is 23.4 Å². The van der Waals surface area contributed by atoms with Crippen molar-refractivity contribution >= 4 is 11.0 Å². The van der Waals surface area contributed by atoms with Crippen molar-refractivity contribution in [1.29, 1.82) is 0 Å². The molecule has 2 fully saturated rings. The molecule has 0 aliphatic carbocycles. The highest BCUT2D eigenvalue weighted by Crippen LogP contribution is 2.44. The molecule has 16 heteroatoms. The molecule has 3 aromatic rings. The summed E-state index contributed by atoms with van der Waals surface area (Å²) in [5, 5.41) is 101. The molecule has 0 saturated carbocycles. The lowest BCUT2D eigenvalue weighted by Gasteiger charge is -2.44. The smallest absolute Gasteiger partial charge is 0.230 e. The van der Waals surface area contributed by atoms with Gasteiger partial charge in [0.25, 0.3) is 0 Å². The lowest BCUT2D eigenvalue weighted by molar-refractivity contribution is -0.345. The normalized spacial score (nSPS) is 31.7. The van der Waals surface area contributed by atoms with Crippen LogP contribution in [0.1, 0.15) is 0 Å². The van der Waals surface area contributed by atoms with Crippen LogP contribution in [0.2, 0.25) is 0 Å². The Morgan fingerprint density at radius 2 is 1.57 bits per heavy atom. The van der Waals surface area contributed by atoms with Crippen LogP contribution in [0.3, 0.4) is 0 Å². The minimum atomic E-state index is -1.88. The second-order valence-electron chi connectivity index (χ2n) is 9.80. The van der Waals surface area contributed by atoms with Crippen molar-refractivity contribution < 1.29 is 74.4 Å². The van der Waals surface area contributed by atoms with Gasteiger partial charge in [-0.3, -0.25) is 4.79 Å². The van der Waals surface area contributed by atoms with Crippen LogP contribution in [0.25, 0.3) is 22.3 Å². The van der Waals surface area contributed by atoms with Gasteiger partial charge in [0.1, 0.15) is 53.4 Å². The van der Waals surface area contributed by atoms with Crippen molar-refractivity contribution in [2.24, 2.45) is 0 Å². The van der Waals surface area contributed by atoms with Gasteiger partial charge in [-0.1, -0.05) is 0 Å². The molecule has 1 aromatic heterocycles. The van der Waals surface area contributed by atoms with E-state index < -0.39 is 108 Å². The fourth-order valence-corrected chi connectivity index (χ4v) is 4.67. The van der Waals surface area contributed by atoms with Crippen LogP contribution in [0.5, 0.6) is 28.7 Å². The van der Waals surface area contributed by atoms with E-state index in [0.29, 0.717) is 0 Å². The van der Waals surface area contributed by atoms with Gasteiger partial charge in [0, 0.05) is 17.7 Å². The summed E-state index contributed by atoms with van der Waals surface area (Å²) in [6.45, 7) is -1.28. The minimum Gasteiger partial charge on any atom is -0.504 e. The fourth-order valence-electron chi connectivity index (χ4n) is 4.67. The van der Waals surface area contributed by atoms with E-state index in [-0.39, 0.29) is 16.9 Å². The van der Waals surface area contributed by atoms with Crippen molar-refractivity contribution in [2.75, 3.05) is 13.2 Å². The Bertz CT molecular complexity index is 1510. The molecule has 5 rings (SSSR count). The summed E-state index contributed by atoms with van der Waals surface area (Å²) >= 11 is 0. The third kappa shape index (κ3) is 5.31. The Labute approximate surface area is 235 Å². The Morgan fingerprint density at radius 1 is 0.833 bits per heavy atom. The van der Waals surface area contributed by atoms with Crippen molar-refractivity contribution in [3.63, 3.8) is 0 Å². The summed E-state index contributed by atoms with van der Waals surface area (Å²) < 4.78 is 27.4. The fraction of sp³-hybridized carbons (Fsp3) is 0.423. The van der Waals surface area contributed by atoms with Crippen molar-refractivity contribution in [1.82, 2.24) is 0 Å². The zero-order valence-electron chi connectivity index (χ0n) is 21.4. The SMILES string of the molecule is O=c1cc(-c2ccc(O)c(O)c2)oc2cc(O)c(O[C@@H]3O[C@H](CO)[C@@H](O)[C@H](O)[C@H]3O[C@@H]3OC[C@@H](O)[C@@H](O)[C@@H]3O)c(O)c12. The van der Waals surface area contributed by atoms with Crippen LogP contribution in [0.4, 0.5) is 0 Å². The molecule has 2 aliphatic rings. The van der Waals surface area contributed by atoms with Crippen LogP contribution in [0, 0.1) is 0 Å². The number of ether oxygens (including phenoxy) is 4. The molecular weight excluding hydrogens is 568 g/mol. The number of aliphatic hydroxyl groups excluding tert-OH is 6. The molecule has 3 heterocycles. The second kappa shape index (κ2) is 11.5. The average molecular weight is 596 g/mol. The standard InChI is InChI=1S/C26H28O16/c27-6-16-19(34)21(36)24(42-25-22(37)18(33)13(32)7-38-25)26(40-16)41-23-12(31)5-15-17(20(23)35)11(30)4-14(39-15)8-1-2-9(28)10(29)3-8/h1-5,13,16,18-19,21-22,24-29,31-37H,6-7H2/t13-,16-,18-,19-,21+,22+,24-,25+,26+/m1/s1. The summed E-state index contributed by atoms with van der Waals surface area (Å²) in [6, 6.07) is 5.53. The summed E-state index contributed by atoms with van der Waals surface area (Å²) in [5.74, 6) is -3.44. The zero-order valence-corrected chi connectivity index (χ0v) is 21.4. The molecule has 0 bridgehead atoms. The van der Waals surface area contributed by atoms with E-state index in [1.165, 1.54) is 6.07 Å². The van der Waals surface area contributed by atoms with Crippen molar-refractivity contribution in [3.05, 3.63) is 40.6 Å². The third-order valence-electron chi connectivity index (χ3n) is 6.99. The van der Waals surface area contributed by atoms with Gasteiger partial charge >= 0.3 is 0 Å². The van der Waals surface area contributed by atoms with Gasteiger partial charge in [-0.15, -0.1) is 0 Å². The summed E-state index contributed by atoms with van der Waals surface area (Å²) in [6.07, 6.45) is -15.3. The molecular formula is C26H28O16. The Balaban J connectivity index is 1.50. The maximum Gasteiger partial charge on any atom is 0.230 e. The first-order valence-corrected chi connectivity index (χ1v) is 12.6. The Hall–Kier alpha value is -3.71. The van der Waals surface area contributed by atoms with Crippen molar-refractivity contribution in [2.45, 2.75) is 55.3 Å². The molecule has 16 nitrogen and oxygen atoms in total. The quantitative estimate of drug-likeness (QED) is 0.137. The number of benzene rings is 2. The maximum absolute atomic E-state index is 13.0. The van der Waals surface area contributed by atoms with E-state index in [1.54, 1.807) is 0 Å². The third-order valence-corrected chi connectivity index (χ3v) is 6.99. The molecule has 42 heavy (non-hydrogen) atoms. The zero-order chi connectivity index (χ0) is 30.5. The van der Waals surface area contributed by atoms with E-state index in [2.05, 4.69) is 0 Å². The van der Waals surface area contributed by atoms with Gasteiger partial charge in [-0.25, -0.2) is 0 Å². The molecule has 9 atom stereocenters. The highest BCUT2D eigenvalue weighted by Gasteiger charge is 2.50. The molecule has 0 radical (unpaired) electrons. The van der Waals surface area contributed by atoms with Gasteiger partial charge in [-0.2, -0.15) is 0 Å². The largest absolute Gasteiger partial charge is 0.504 e. The predicted octanol–water partition coefficient (Wildman–Crippen LogP) is -2.08. The molecule has 0 unspecified atom stereocenters. The number of hydrogen-bond acceptors (Lipinski definition) is 16. The minimum absolute atomic E-state index is 0.0828. The molecule has 0 spiro atoms. The van der Waals surface area contributed by atoms with Gasteiger partial charge in [-0.05, 0) is 18.2 Å². The van der Waals surface area contributed by atoms with E-state index in [1.807, 2.05) is 0 Å². The Morgan fingerprint density at radius 3 is 2.26 bits per heavy atom. The monoisotopic (exact) mass is 596 g/mol. The van der Waals surface area contributed by atoms with Crippen LogP contribution < -0.4 is 10.2 Å². The Kier molecular flexibility index (Phi) is 8.17. The van der Waals surface area contributed by atoms with Gasteiger partial charge in [0.2, 0.25) is 12.0 Å². The average Bonchev–Trinajstić information content (AvgIpc) is 2.95. The van der Waals surface area contributed by atoms with Gasteiger partial charge in [0.15, 0.2) is 40.8 Å². The molecule has 10 N–H and O–H groups in total. The number of rotatable bonds is 6. The molecule has 2 aliphatic heterocycles. The summed E-state index contributed by atoms with van der Waals surface area (Å²) in [7, 11) is 0. The highest BCUT2D eigenvalue weighted by atomic mass is 16.8. The second-order valence-corrected chi connectivity index (χ2v) is 9.80. The number of phenolic OH excluding ortho intramolecular Hbond substituents is 4. The molecule has 0 amide bonds. The highest BCUT2D eigenvalue weighted by molar-refractivity contribution is 5.89. The first-order valence-electron chi connectivity index (χ1n) is 12.6. The van der Waals surface area contributed by atoms with Crippen molar-refractivity contribution in [3.8, 4) is 40.1 Å². The van der Waals surface area contributed by atoms with E-state index in [9.17, 15) is 55.9 Å². The van der Waals surface area contributed by atoms with Gasteiger partial charge in [0.05, 0.1) is 13.2 Å². The molecule has 2 aromatic carbocycles. The van der Waals surface area contributed by atoms with Crippen LogP contribution in [0.15, 0.2) is 39.5 Å². The number of phenols is 4. The number of hydrogen-bond donors (Lipinski definition) is 10. The molecule has 2 saturated heterocycles. The number of aromatic hydroxyl groups is 4. The first-order chi connectivity index (χ1) is 19.9. The van der Waals surface area contributed by atoms with Crippen LogP contribution >= 0.6 is 0 Å². The lowest BCUT2D eigenvalue weighted by atomic mass is 9.98. The predicted molar refractivity (Wildman–Crippen MR) is 136 cm³/mol. The maximum atomic E-state index is 13.0. The number of aliphatic hydroxyl groups is 6. The van der Waals surface area contributed by atoms with E-state index in [0.717, 1.165) is 24.3 Å². The number of fused-ring (bicyclic) bond motifs is 1. The van der Waals surface area contributed by atoms with Crippen LogP contribution in [-0.2, 0) is 14.2 Å². The topological polar surface area (TPSA) is 269 Å². The summed E-state index contributed by atoms with van der Waals surface area (Å²) in [4.78, 5) is 13.0. The van der Waals surface area contributed by atoms with Crippen LogP contribution in [-0.4, -0.2) is 120 Å². The molecule has 228 valence electrons. The summed E-state index contributed by atoms with van der Waals surface area (Å²) in [5.41, 5.74) is -0.931.